The number of rotatable bonds is 8. The minimum Gasteiger partial charge on any atom is -0.383 e. The molecular formula is C26H27FN8. The third kappa shape index (κ3) is 5.13. The van der Waals surface area contributed by atoms with Gasteiger partial charge in [0.05, 0.1) is 22.9 Å². The Labute approximate surface area is 203 Å². The van der Waals surface area contributed by atoms with Gasteiger partial charge in [0.2, 0.25) is 0 Å². The molecule has 2 aromatic heterocycles. The number of anilines is 3. The third-order valence-corrected chi connectivity index (χ3v) is 5.65. The number of nitriles is 1. The minimum atomic E-state index is -0.365. The molecule has 0 fully saturated rings. The van der Waals surface area contributed by atoms with E-state index in [-0.39, 0.29) is 23.2 Å². The summed E-state index contributed by atoms with van der Waals surface area (Å²) in [4.78, 5) is 15.1. The number of pyridine rings is 1. The summed E-state index contributed by atoms with van der Waals surface area (Å²) in [5.41, 5.74) is 10.0. The number of nitrogen functional groups attached to an aromatic ring is 1. The van der Waals surface area contributed by atoms with E-state index in [2.05, 4.69) is 31.6 Å². The van der Waals surface area contributed by atoms with E-state index in [1.807, 2.05) is 51.4 Å². The zero-order chi connectivity index (χ0) is 24.9. The molecule has 1 atom stereocenters. The molecule has 4 N–H and O–H groups in total. The average molecular weight is 471 g/mol. The fraction of sp³-hybridized carbons (Fsp3) is 0.231. The van der Waals surface area contributed by atoms with E-state index in [1.165, 1.54) is 18.5 Å². The number of nitrogens with two attached hydrogens (primary N) is 1. The number of fused-ring (bicyclic) bond motifs is 1. The summed E-state index contributed by atoms with van der Waals surface area (Å²) in [5, 5.41) is 17.1. The first-order chi connectivity index (χ1) is 16.9. The molecule has 35 heavy (non-hydrogen) atoms. The van der Waals surface area contributed by atoms with Crippen LogP contribution in [-0.4, -0.2) is 47.0 Å². The lowest BCUT2D eigenvalue weighted by molar-refractivity contribution is 0.425. The summed E-state index contributed by atoms with van der Waals surface area (Å²) in [6.07, 6.45) is 1.31. The first kappa shape index (κ1) is 23.9. The van der Waals surface area contributed by atoms with Crippen LogP contribution in [0.15, 0.2) is 54.9 Å². The molecule has 0 amide bonds. The second-order valence-electron chi connectivity index (χ2n) is 8.46. The van der Waals surface area contributed by atoms with Gasteiger partial charge in [-0.1, -0.05) is 30.3 Å². The van der Waals surface area contributed by atoms with Gasteiger partial charge in [0.1, 0.15) is 35.4 Å². The Bertz CT molecular complexity index is 1380. The van der Waals surface area contributed by atoms with Gasteiger partial charge in [-0.15, -0.1) is 0 Å². The van der Waals surface area contributed by atoms with Gasteiger partial charge in [0.15, 0.2) is 0 Å². The number of nitrogens with zero attached hydrogens (tertiary/aromatic N) is 5. The van der Waals surface area contributed by atoms with Crippen LogP contribution < -0.4 is 16.4 Å². The Morgan fingerprint density at radius 1 is 1.14 bits per heavy atom. The van der Waals surface area contributed by atoms with Gasteiger partial charge in [-0.05, 0) is 44.8 Å². The largest absolute Gasteiger partial charge is 0.383 e. The first-order valence-electron chi connectivity index (χ1n) is 11.2. The highest BCUT2D eigenvalue weighted by Crippen LogP contribution is 2.40. The van der Waals surface area contributed by atoms with Crippen molar-refractivity contribution in [3.05, 3.63) is 71.9 Å². The monoisotopic (exact) mass is 470 g/mol. The molecule has 0 aliphatic heterocycles. The van der Waals surface area contributed by atoms with Crippen LogP contribution in [0.1, 0.15) is 24.2 Å². The molecular weight excluding hydrogens is 443 g/mol. The molecule has 0 bridgehead atoms. The van der Waals surface area contributed by atoms with Gasteiger partial charge in [0, 0.05) is 24.0 Å². The number of likely N-dealkylation sites (N-methyl/N-ethyl adjacent to an activating group) is 1. The zero-order valence-electron chi connectivity index (χ0n) is 19.9. The van der Waals surface area contributed by atoms with Crippen LogP contribution in [0, 0.1) is 17.1 Å². The van der Waals surface area contributed by atoms with Gasteiger partial charge in [-0.25, -0.2) is 19.3 Å². The van der Waals surface area contributed by atoms with E-state index in [9.17, 15) is 9.65 Å². The Kier molecular flexibility index (Phi) is 7.03. The van der Waals surface area contributed by atoms with Crippen LogP contribution in [0.25, 0.3) is 22.0 Å². The van der Waals surface area contributed by atoms with E-state index >= 15 is 0 Å². The summed E-state index contributed by atoms with van der Waals surface area (Å²) < 4.78 is 14.3. The molecule has 4 aromatic rings. The highest BCUT2D eigenvalue weighted by atomic mass is 19.1. The molecule has 178 valence electrons. The van der Waals surface area contributed by atoms with Gasteiger partial charge in [-0.2, -0.15) is 5.26 Å². The summed E-state index contributed by atoms with van der Waals surface area (Å²) in [6.45, 7) is 3.39. The highest BCUT2D eigenvalue weighted by Gasteiger charge is 2.22. The molecule has 0 radical (unpaired) electrons. The van der Waals surface area contributed by atoms with E-state index in [1.54, 1.807) is 6.07 Å². The third-order valence-electron chi connectivity index (χ3n) is 5.65. The standard InChI is InChI=1S/C26H27FN8/c1-16(33-26-20(14-28)25(29)31-15-32-26)23-22(17-7-5-4-6-8-17)24(30-11-12-35(2)3)19-13-18(27)9-10-21(19)34-23/h4-10,13,15-16H,11-12H2,1-3H3,(H,30,34)(H3,29,31,32,33). The summed E-state index contributed by atoms with van der Waals surface area (Å²) in [5.74, 6) is 0.103. The van der Waals surface area contributed by atoms with Crippen molar-refractivity contribution in [2.75, 3.05) is 43.6 Å². The summed E-state index contributed by atoms with van der Waals surface area (Å²) >= 11 is 0. The minimum absolute atomic E-state index is 0.105. The number of aromatic nitrogens is 3. The molecule has 0 saturated carbocycles. The van der Waals surface area contributed by atoms with Crippen molar-refractivity contribution in [1.82, 2.24) is 19.9 Å². The maximum atomic E-state index is 14.3. The SMILES string of the molecule is CC(Nc1ncnc(N)c1C#N)c1nc2ccc(F)cc2c(NCCN(C)C)c1-c1ccccc1. The Morgan fingerprint density at radius 2 is 1.91 bits per heavy atom. The van der Waals surface area contributed by atoms with E-state index in [4.69, 9.17) is 10.7 Å². The van der Waals surface area contributed by atoms with Crippen molar-refractivity contribution < 1.29 is 4.39 Å². The molecule has 4 rings (SSSR count). The topological polar surface area (TPSA) is 116 Å². The number of benzene rings is 2. The fourth-order valence-electron chi connectivity index (χ4n) is 3.95. The number of hydrogen-bond acceptors (Lipinski definition) is 8. The highest BCUT2D eigenvalue weighted by molar-refractivity contribution is 6.00. The van der Waals surface area contributed by atoms with Crippen LogP contribution in [-0.2, 0) is 0 Å². The maximum absolute atomic E-state index is 14.3. The van der Waals surface area contributed by atoms with E-state index in [0.717, 1.165) is 29.1 Å². The summed E-state index contributed by atoms with van der Waals surface area (Å²) in [7, 11) is 4.00. The van der Waals surface area contributed by atoms with E-state index < -0.39 is 0 Å². The molecule has 9 heteroatoms. The number of halogens is 1. The maximum Gasteiger partial charge on any atom is 0.150 e. The molecule has 0 aliphatic rings. The second kappa shape index (κ2) is 10.3. The molecule has 0 saturated heterocycles. The van der Waals surface area contributed by atoms with Crippen molar-refractivity contribution >= 4 is 28.2 Å². The summed E-state index contributed by atoms with van der Waals surface area (Å²) in [6, 6.07) is 16.1. The van der Waals surface area contributed by atoms with Crippen LogP contribution in [0.3, 0.4) is 0 Å². The zero-order valence-corrected chi connectivity index (χ0v) is 19.9. The van der Waals surface area contributed by atoms with Crippen molar-refractivity contribution in [2.24, 2.45) is 0 Å². The van der Waals surface area contributed by atoms with Crippen molar-refractivity contribution in [3.63, 3.8) is 0 Å². The molecule has 8 nitrogen and oxygen atoms in total. The lowest BCUT2D eigenvalue weighted by atomic mass is 9.95. The lowest BCUT2D eigenvalue weighted by Crippen LogP contribution is -2.22. The van der Waals surface area contributed by atoms with Gasteiger partial charge in [0.25, 0.3) is 0 Å². The predicted molar refractivity (Wildman–Crippen MR) is 137 cm³/mol. The fourth-order valence-corrected chi connectivity index (χ4v) is 3.95. The average Bonchev–Trinajstić information content (AvgIpc) is 2.84. The van der Waals surface area contributed by atoms with Gasteiger partial charge >= 0.3 is 0 Å². The first-order valence-corrected chi connectivity index (χ1v) is 11.2. The number of hydrogen-bond donors (Lipinski definition) is 3. The predicted octanol–water partition coefficient (Wildman–Crippen LogP) is 4.43. The lowest BCUT2D eigenvalue weighted by Gasteiger charge is -2.24. The van der Waals surface area contributed by atoms with Crippen molar-refractivity contribution in [2.45, 2.75) is 13.0 Å². The van der Waals surface area contributed by atoms with Crippen LogP contribution in [0.5, 0.6) is 0 Å². The Morgan fingerprint density at radius 3 is 2.63 bits per heavy atom. The molecule has 2 heterocycles. The van der Waals surface area contributed by atoms with Gasteiger partial charge in [-0.3, -0.25) is 0 Å². The molecule has 1 unspecified atom stereocenters. The van der Waals surface area contributed by atoms with Crippen LogP contribution >= 0.6 is 0 Å². The second-order valence-corrected chi connectivity index (χ2v) is 8.46. The van der Waals surface area contributed by atoms with Crippen LogP contribution in [0.2, 0.25) is 0 Å². The molecule has 0 aliphatic carbocycles. The van der Waals surface area contributed by atoms with E-state index in [0.29, 0.717) is 23.3 Å². The van der Waals surface area contributed by atoms with Crippen molar-refractivity contribution in [3.8, 4) is 17.2 Å². The van der Waals surface area contributed by atoms with Gasteiger partial charge < -0.3 is 21.3 Å². The number of nitrogens with one attached hydrogen (secondary N) is 2. The van der Waals surface area contributed by atoms with Crippen LogP contribution in [0.4, 0.5) is 21.7 Å². The van der Waals surface area contributed by atoms with Crippen molar-refractivity contribution in [1.29, 1.82) is 5.26 Å². The normalized spacial score (nSPS) is 11.9. The Balaban J connectivity index is 1.91. The smallest absolute Gasteiger partial charge is 0.150 e. The Hall–Kier alpha value is -4.29. The molecule has 2 aromatic carbocycles. The molecule has 0 spiro atoms. The quantitative estimate of drug-likeness (QED) is 0.346.